The third-order valence-electron chi connectivity index (χ3n) is 4.73. The van der Waals surface area contributed by atoms with Crippen LogP contribution in [-0.4, -0.2) is 20.4 Å². The molecule has 5 nitrogen and oxygen atoms in total. The van der Waals surface area contributed by atoms with Gasteiger partial charge in [0.05, 0.1) is 6.33 Å². The number of fused-ring (bicyclic) bond motifs is 1. The predicted octanol–water partition coefficient (Wildman–Crippen LogP) is 3.66. The molecule has 0 saturated heterocycles. The minimum atomic E-state index is 0.0720. The molecule has 0 bridgehead atoms. The zero-order valence-electron chi connectivity index (χ0n) is 15.1. The number of rotatable bonds is 7. The van der Waals surface area contributed by atoms with Crippen LogP contribution >= 0.6 is 0 Å². The van der Waals surface area contributed by atoms with Gasteiger partial charge in [0.2, 0.25) is 5.91 Å². The molecule has 0 unspecified atom stereocenters. The van der Waals surface area contributed by atoms with E-state index in [-0.39, 0.29) is 5.91 Å². The van der Waals surface area contributed by atoms with Gasteiger partial charge in [-0.1, -0.05) is 42.5 Å². The monoisotopic (exact) mass is 358 g/mol. The van der Waals surface area contributed by atoms with E-state index in [1.165, 1.54) is 16.5 Å². The van der Waals surface area contributed by atoms with Gasteiger partial charge in [0.25, 0.3) is 0 Å². The summed E-state index contributed by atoms with van der Waals surface area (Å²) in [7, 11) is 0. The third kappa shape index (κ3) is 4.26. The van der Waals surface area contributed by atoms with Crippen LogP contribution in [0.15, 0.2) is 73.4 Å². The quantitative estimate of drug-likeness (QED) is 0.530. The summed E-state index contributed by atoms with van der Waals surface area (Å²) in [6, 6.07) is 16.5. The van der Waals surface area contributed by atoms with E-state index in [4.69, 9.17) is 0 Å². The first-order valence-corrected chi connectivity index (χ1v) is 9.13. The Morgan fingerprint density at radius 1 is 1.07 bits per heavy atom. The number of amides is 1. The van der Waals surface area contributed by atoms with Crippen LogP contribution in [0.2, 0.25) is 0 Å². The van der Waals surface area contributed by atoms with E-state index in [0.29, 0.717) is 13.0 Å². The Bertz CT molecular complexity index is 1020. The molecule has 0 aliphatic carbocycles. The second-order valence-corrected chi connectivity index (χ2v) is 6.69. The fourth-order valence-corrected chi connectivity index (χ4v) is 3.23. The average molecular weight is 358 g/mol. The lowest BCUT2D eigenvalue weighted by Gasteiger charge is -2.07. The number of nitrogens with one attached hydrogen (secondary N) is 2. The van der Waals surface area contributed by atoms with Gasteiger partial charge < -0.3 is 14.9 Å². The van der Waals surface area contributed by atoms with Crippen LogP contribution in [0, 0.1) is 0 Å². The molecule has 2 N–H and O–H groups in total. The topological polar surface area (TPSA) is 62.7 Å². The number of carbonyl (C=O) groups excluding carboxylic acids is 1. The van der Waals surface area contributed by atoms with Gasteiger partial charge in [0.15, 0.2) is 0 Å². The van der Waals surface area contributed by atoms with Crippen molar-refractivity contribution in [2.45, 2.75) is 25.9 Å². The van der Waals surface area contributed by atoms with Crippen molar-refractivity contribution in [3.63, 3.8) is 0 Å². The summed E-state index contributed by atoms with van der Waals surface area (Å²) in [6.45, 7) is 1.36. The highest BCUT2D eigenvalue weighted by Gasteiger charge is 2.07. The van der Waals surface area contributed by atoms with Crippen molar-refractivity contribution in [3.8, 4) is 0 Å². The summed E-state index contributed by atoms with van der Waals surface area (Å²) in [5, 5.41) is 4.20. The van der Waals surface area contributed by atoms with Gasteiger partial charge in [-0.15, -0.1) is 0 Å². The van der Waals surface area contributed by atoms with Crippen LogP contribution in [0.25, 0.3) is 10.9 Å². The van der Waals surface area contributed by atoms with Crippen molar-refractivity contribution in [1.82, 2.24) is 19.9 Å². The fourth-order valence-electron chi connectivity index (χ4n) is 3.23. The lowest BCUT2D eigenvalue weighted by molar-refractivity contribution is -0.121. The first-order chi connectivity index (χ1) is 13.3. The van der Waals surface area contributed by atoms with Crippen LogP contribution < -0.4 is 5.32 Å². The summed E-state index contributed by atoms with van der Waals surface area (Å²) in [5.74, 6) is 0.0720. The number of para-hydroxylation sites is 1. The molecular weight excluding hydrogens is 336 g/mol. The normalized spacial score (nSPS) is 11.0. The van der Waals surface area contributed by atoms with Crippen LogP contribution in [-0.2, 0) is 24.3 Å². The molecular formula is C22H22N4O. The highest BCUT2D eigenvalue weighted by atomic mass is 16.1. The molecule has 136 valence electrons. The van der Waals surface area contributed by atoms with Gasteiger partial charge in [-0.2, -0.15) is 0 Å². The number of nitrogens with zero attached hydrogens (tertiary/aromatic N) is 2. The molecule has 4 rings (SSSR count). The van der Waals surface area contributed by atoms with Crippen LogP contribution in [0.3, 0.4) is 0 Å². The summed E-state index contributed by atoms with van der Waals surface area (Å²) in [6.07, 6.45) is 8.75. The van der Waals surface area contributed by atoms with Crippen molar-refractivity contribution < 1.29 is 4.79 Å². The Kier molecular flexibility index (Phi) is 5.01. The van der Waals surface area contributed by atoms with Crippen molar-refractivity contribution in [2.75, 3.05) is 0 Å². The van der Waals surface area contributed by atoms with Crippen LogP contribution in [0.1, 0.15) is 23.1 Å². The number of aromatic nitrogens is 3. The number of hydrogen-bond donors (Lipinski definition) is 2. The third-order valence-corrected chi connectivity index (χ3v) is 4.73. The zero-order valence-corrected chi connectivity index (χ0v) is 15.1. The van der Waals surface area contributed by atoms with Gasteiger partial charge in [0, 0.05) is 49.0 Å². The SMILES string of the molecule is O=C(CCc1c[nH]c2ccccc12)NCc1ccc(Cn2ccnc2)cc1. The Morgan fingerprint density at radius 3 is 2.70 bits per heavy atom. The second-order valence-electron chi connectivity index (χ2n) is 6.69. The van der Waals surface area contributed by atoms with E-state index in [1.54, 1.807) is 6.20 Å². The van der Waals surface area contributed by atoms with Crippen LogP contribution in [0.4, 0.5) is 0 Å². The smallest absolute Gasteiger partial charge is 0.220 e. The fraction of sp³-hybridized carbons (Fsp3) is 0.182. The van der Waals surface area contributed by atoms with Gasteiger partial charge in [-0.25, -0.2) is 4.98 Å². The van der Waals surface area contributed by atoms with E-state index < -0.39 is 0 Å². The Hall–Kier alpha value is -3.34. The Morgan fingerprint density at radius 2 is 1.89 bits per heavy atom. The molecule has 2 aromatic carbocycles. The van der Waals surface area contributed by atoms with Gasteiger partial charge in [-0.05, 0) is 29.2 Å². The molecule has 0 spiro atoms. The van der Waals surface area contributed by atoms with Gasteiger partial charge in [-0.3, -0.25) is 4.79 Å². The number of aryl methyl sites for hydroxylation is 1. The maximum absolute atomic E-state index is 12.2. The van der Waals surface area contributed by atoms with Gasteiger partial charge in [0.1, 0.15) is 0 Å². The first kappa shape index (κ1) is 17.1. The first-order valence-electron chi connectivity index (χ1n) is 9.13. The minimum Gasteiger partial charge on any atom is -0.361 e. The molecule has 0 atom stereocenters. The predicted molar refractivity (Wildman–Crippen MR) is 106 cm³/mol. The minimum absolute atomic E-state index is 0.0720. The molecule has 2 heterocycles. The summed E-state index contributed by atoms with van der Waals surface area (Å²) >= 11 is 0. The highest BCUT2D eigenvalue weighted by molar-refractivity contribution is 5.84. The number of carbonyl (C=O) groups is 1. The molecule has 1 amide bonds. The molecule has 0 radical (unpaired) electrons. The summed E-state index contributed by atoms with van der Waals surface area (Å²) in [4.78, 5) is 19.5. The number of benzene rings is 2. The van der Waals surface area contributed by atoms with E-state index in [2.05, 4.69) is 51.7 Å². The van der Waals surface area contributed by atoms with Crippen molar-refractivity contribution in [2.24, 2.45) is 0 Å². The van der Waals surface area contributed by atoms with Crippen LogP contribution in [0.5, 0.6) is 0 Å². The molecule has 0 aliphatic rings. The highest BCUT2D eigenvalue weighted by Crippen LogP contribution is 2.18. The van der Waals surface area contributed by atoms with Gasteiger partial charge >= 0.3 is 0 Å². The van der Waals surface area contributed by atoms with E-state index in [9.17, 15) is 4.79 Å². The molecule has 0 fully saturated rings. The zero-order chi connectivity index (χ0) is 18.5. The maximum Gasteiger partial charge on any atom is 0.220 e. The van der Waals surface area contributed by atoms with E-state index >= 15 is 0 Å². The second kappa shape index (κ2) is 7.91. The number of hydrogen-bond acceptors (Lipinski definition) is 2. The molecule has 4 aromatic rings. The van der Waals surface area contributed by atoms with Crippen molar-refractivity contribution in [3.05, 3.63) is 90.1 Å². The Balaban J connectivity index is 1.26. The number of H-pyrrole nitrogens is 1. The molecule has 2 aromatic heterocycles. The van der Waals surface area contributed by atoms with Crippen molar-refractivity contribution in [1.29, 1.82) is 0 Å². The Labute approximate surface area is 158 Å². The summed E-state index contributed by atoms with van der Waals surface area (Å²) in [5.41, 5.74) is 4.61. The molecule has 0 saturated carbocycles. The number of imidazole rings is 1. The van der Waals surface area contributed by atoms with E-state index in [1.807, 2.05) is 35.4 Å². The lowest BCUT2D eigenvalue weighted by atomic mass is 10.1. The molecule has 0 aliphatic heterocycles. The standard InChI is InChI=1S/C22H22N4O/c27-22(10-9-19-14-24-21-4-2-1-3-20(19)21)25-13-17-5-7-18(8-6-17)15-26-12-11-23-16-26/h1-8,11-12,14,16,24H,9-10,13,15H2,(H,25,27). The average Bonchev–Trinajstić information content (AvgIpc) is 3.35. The molecule has 5 heteroatoms. The largest absolute Gasteiger partial charge is 0.361 e. The van der Waals surface area contributed by atoms with E-state index in [0.717, 1.165) is 24.0 Å². The molecule has 27 heavy (non-hydrogen) atoms. The summed E-state index contributed by atoms with van der Waals surface area (Å²) < 4.78 is 2.03. The number of aromatic amines is 1. The van der Waals surface area contributed by atoms with Crippen molar-refractivity contribution >= 4 is 16.8 Å². The lowest BCUT2D eigenvalue weighted by Crippen LogP contribution is -2.22. The maximum atomic E-state index is 12.2.